The minimum atomic E-state index is 0.104. The zero-order valence-corrected chi connectivity index (χ0v) is 15.6. The van der Waals surface area contributed by atoms with E-state index in [0.29, 0.717) is 6.04 Å². The molecule has 2 unspecified atom stereocenters. The molecular weight excluding hydrogens is 294 g/mol. The van der Waals surface area contributed by atoms with Gasteiger partial charge in [-0.1, -0.05) is 45.0 Å². The molecule has 3 nitrogen and oxygen atoms in total. The summed E-state index contributed by atoms with van der Waals surface area (Å²) in [6, 6.07) is 11.6. The van der Waals surface area contributed by atoms with Crippen LogP contribution in [0.2, 0.25) is 0 Å². The molecule has 2 aromatic rings. The number of allylic oxidation sites excluding steroid dienone is 1. The van der Waals surface area contributed by atoms with E-state index in [0.717, 1.165) is 0 Å². The molecule has 3 rings (SSSR count). The number of benzene rings is 1. The zero-order valence-electron chi connectivity index (χ0n) is 15.6. The monoisotopic (exact) mass is 323 g/mol. The Morgan fingerprint density at radius 1 is 1.00 bits per heavy atom. The lowest BCUT2D eigenvalue weighted by atomic mass is 9.86. The predicted molar refractivity (Wildman–Crippen MR) is 102 cm³/mol. The Hall–Kier alpha value is -2.00. The van der Waals surface area contributed by atoms with Gasteiger partial charge in [0, 0.05) is 29.2 Å². The molecule has 0 aliphatic carbocycles. The van der Waals surface area contributed by atoms with Crippen molar-refractivity contribution in [2.75, 3.05) is 0 Å². The van der Waals surface area contributed by atoms with Gasteiger partial charge in [-0.2, -0.15) is 0 Å². The Morgan fingerprint density at radius 3 is 2.25 bits per heavy atom. The Bertz CT molecular complexity index is 744. The summed E-state index contributed by atoms with van der Waals surface area (Å²) < 4.78 is 2.28. The van der Waals surface area contributed by atoms with Crippen LogP contribution in [-0.4, -0.2) is 10.6 Å². The van der Waals surface area contributed by atoms with Crippen LogP contribution in [-0.2, 0) is 5.41 Å². The summed E-state index contributed by atoms with van der Waals surface area (Å²) in [5.41, 5.74) is 6.61. The second kappa shape index (κ2) is 6.14. The SMILES string of the molecule is CC1=CC(C)NC(n2ccc(-c3ccc(C(C)(C)C)cc3)c2C)N1. The Balaban J connectivity index is 1.89. The second-order valence-corrected chi connectivity index (χ2v) is 7.90. The van der Waals surface area contributed by atoms with Crippen LogP contribution in [0, 0.1) is 6.92 Å². The molecule has 0 amide bonds. The fourth-order valence-electron chi connectivity index (χ4n) is 3.39. The molecule has 2 N–H and O–H groups in total. The maximum absolute atomic E-state index is 3.57. The van der Waals surface area contributed by atoms with Gasteiger partial charge in [-0.25, -0.2) is 0 Å². The topological polar surface area (TPSA) is 29.0 Å². The highest BCUT2D eigenvalue weighted by Gasteiger charge is 2.20. The molecule has 0 bridgehead atoms. The van der Waals surface area contributed by atoms with E-state index in [9.17, 15) is 0 Å². The molecule has 0 radical (unpaired) electrons. The molecule has 1 aliphatic rings. The number of nitrogens with zero attached hydrogens (tertiary/aromatic N) is 1. The van der Waals surface area contributed by atoms with Crippen LogP contribution in [0.25, 0.3) is 11.1 Å². The molecule has 0 saturated carbocycles. The van der Waals surface area contributed by atoms with Crippen LogP contribution in [0.15, 0.2) is 48.3 Å². The van der Waals surface area contributed by atoms with Gasteiger partial charge in [0.05, 0.1) is 0 Å². The minimum absolute atomic E-state index is 0.104. The summed E-state index contributed by atoms with van der Waals surface area (Å²) in [7, 11) is 0. The van der Waals surface area contributed by atoms with E-state index in [1.54, 1.807) is 0 Å². The van der Waals surface area contributed by atoms with Crippen molar-refractivity contribution in [3.05, 3.63) is 59.6 Å². The quantitative estimate of drug-likeness (QED) is 0.838. The number of hydrogen-bond acceptors (Lipinski definition) is 2. The van der Waals surface area contributed by atoms with Gasteiger partial charge >= 0.3 is 0 Å². The van der Waals surface area contributed by atoms with Gasteiger partial charge in [0.25, 0.3) is 0 Å². The van der Waals surface area contributed by atoms with Crippen molar-refractivity contribution >= 4 is 0 Å². The number of hydrogen-bond donors (Lipinski definition) is 2. The molecule has 24 heavy (non-hydrogen) atoms. The molecule has 1 aromatic heterocycles. The first-order valence-electron chi connectivity index (χ1n) is 8.75. The molecule has 1 aromatic carbocycles. The average molecular weight is 323 g/mol. The van der Waals surface area contributed by atoms with E-state index in [1.807, 2.05) is 0 Å². The molecule has 2 heterocycles. The van der Waals surface area contributed by atoms with Crippen molar-refractivity contribution in [1.29, 1.82) is 0 Å². The molecule has 0 fully saturated rings. The number of rotatable bonds is 2. The summed E-state index contributed by atoms with van der Waals surface area (Å²) in [6.45, 7) is 13.2. The average Bonchev–Trinajstić information content (AvgIpc) is 2.87. The van der Waals surface area contributed by atoms with E-state index in [4.69, 9.17) is 0 Å². The Morgan fingerprint density at radius 2 is 1.67 bits per heavy atom. The lowest BCUT2D eigenvalue weighted by molar-refractivity contribution is 0.317. The molecule has 2 atom stereocenters. The number of nitrogens with one attached hydrogen (secondary N) is 2. The van der Waals surface area contributed by atoms with Gasteiger partial charge in [0.15, 0.2) is 6.29 Å². The van der Waals surface area contributed by atoms with E-state index in [1.165, 1.54) is 28.1 Å². The minimum Gasteiger partial charge on any atom is -0.357 e. The van der Waals surface area contributed by atoms with Crippen LogP contribution < -0.4 is 10.6 Å². The summed E-state index contributed by atoms with van der Waals surface area (Å²) in [4.78, 5) is 0. The maximum Gasteiger partial charge on any atom is 0.159 e. The van der Waals surface area contributed by atoms with Crippen LogP contribution in [0.4, 0.5) is 0 Å². The third-order valence-electron chi connectivity index (χ3n) is 4.80. The van der Waals surface area contributed by atoms with Crippen molar-refractivity contribution in [1.82, 2.24) is 15.2 Å². The first-order chi connectivity index (χ1) is 11.3. The predicted octanol–water partition coefficient (Wildman–Crippen LogP) is 4.70. The molecular formula is C21H29N3. The molecule has 1 aliphatic heterocycles. The van der Waals surface area contributed by atoms with Gasteiger partial charge in [-0.3, -0.25) is 5.32 Å². The van der Waals surface area contributed by atoms with Gasteiger partial charge in [-0.05, 0) is 49.5 Å². The lowest BCUT2D eigenvalue weighted by Crippen LogP contribution is -2.45. The fraction of sp³-hybridized carbons (Fsp3) is 0.429. The Labute approximate surface area is 145 Å². The van der Waals surface area contributed by atoms with Crippen molar-refractivity contribution in [2.45, 2.75) is 59.3 Å². The van der Waals surface area contributed by atoms with Gasteiger partial charge in [0.2, 0.25) is 0 Å². The fourth-order valence-corrected chi connectivity index (χ4v) is 3.39. The van der Waals surface area contributed by atoms with E-state index < -0.39 is 0 Å². The van der Waals surface area contributed by atoms with Gasteiger partial charge < -0.3 is 9.88 Å². The first-order valence-corrected chi connectivity index (χ1v) is 8.75. The Kier molecular flexibility index (Phi) is 4.31. The molecule has 0 saturated heterocycles. The molecule has 0 spiro atoms. The lowest BCUT2D eigenvalue weighted by Gasteiger charge is -2.31. The standard InChI is InChI=1S/C21H29N3/c1-14-13-15(2)23-20(22-14)24-12-11-19(16(24)3)17-7-9-18(10-8-17)21(4,5)6/h7-14,20,22-23H,1-6H3. The third kappa shape index (κ3) is 3.27. The summed E-state index contributed by atoms with van der Waals surface area (Å²) >= 11 is 0. The van der Waals surface area contributed by atoms with E-state index >= 15 is 0 Å². The highest BCUT2D eigenvalue weighted by atomic mass is 15.3. The number of aromatic nitrogens is 1. The summed E-state index contributed by atoms with van der Waals surface area (Å²) in [6.07, 6.45) is 4.48. The van der Waals surface area contributed by atoms with E-state index in [2.05, 4.69) is 99.3 Å². The summed E-state index contributed by atoms with van der Waals surface area (Å²) in [5.74, 6) is 0. The largest absolute Gasteiger partial charge is 0.357 e. The van der Waals surface area contributed by atoms with Crippen molar-refractivity contribution in [2.24, 2.45) is 0 Å². The second-order valence-electron chi connectivity index (χ2n) is 7.90. The van der Waals surface area contributed by atoms with Gasteiger partial charge in [-0.15, -0.1) is 0 Å². The van der Waals surface area contributed by atoms with Gasteiger partial charge in [0.1, 0.15) is 0 Å². The normalized spacial score (nSPS) is 21.3. The maximum atomic E-state index is 3.57. The molecule has 128 valence electrons. The van der Waals surface area contributed by atoms with Crippen LogP contribution in [0.5, 0.6) is 0 Å². The molecule has 3 heteroatoms. The summed E-state index contributed by atoms with van der Waals surface area (Å²) in [5, 5.41) is 7.08. The van der Waals surface area contributed by atoms with Crippen LogP contribution in [0.3, 0.4) is 0 Å². The van der Waals surface area contributed by atoms with Crippen molar-refractivity contribution < 1.29 is 0 Å². The highest BCUT2D eigenvalue weighted by Crippen LogP contribution is 2.29. The van der Waals surface area contributed by atoms with Crippen LogP contribution in [0.1, 0.15) is 52.2 Å². The zero-order chi connectivity index (χ0) is 17.5. The van der Waals surface area contributed by atoms with E-state index in [-0.39, 0.29) is 11.7 Å². The third-order valence-corrected chi connectivity index (χ3v) is 4.80. The highest BCUT2D eigenvalue weighted by molar-refractivity contribution is 5.66. The first kappa shape index (κ1) is 16.8. The van der Waals surface area contributed by atoms with Crippen LogP contribution >= 0.6 is 0 Å². The van der Waals surface area contributed by atoms with Crippen molar-refractivity contribution in [3.63, 3.8) is 0 Å². The van der Waals surface area contributed by atoms with Crippen molar-refractivity contribution in [3.8, 4) is 11.1 Å². The smallest absolute Gasteiger partial charge is 0.159 e.